The van der Waals surface area contributed by atoms with Crippen molar-refractivity contribution in [2.45, 2.75) is 52.1 Å². The van der Waals surface area contributed by atoms with Crippen molar-refractivity contribution in [3.8, 4) is 0 Å². The highest BCUT2D eigenvalue weighted by atomic mass is 28.3. The number of hydrogen-bond donors (Lipinski definition) is 2. The number of aliphatic hydroxyl groups excluding tert-OH is 1. The monoisotopic (exact) mass is 309 g/mol. The molecule has 0 aromatic heterocycles. The van der Waals surface area contributed by atoms with E-state index in [0.717, 1.165) is 5.56 Å². The van der Waals surface area contributed by atoms with Crippen LogP contribution in [0.2, 0.25) is 19.6 Å². The summed E-state index contributed by atoms with van der Waals surface area (Å²) in [5, 5.41) is 14.0. The summed E-state index contributed by atoms with van der Waals surface area (Å²) in [5.74, 6) is 0. The van der Waals surface area contributed by atoms with Crippen LogP contribution in [0, 0.1) is 0 Å². The molecule has 1 aromatic carbocycles. The summed E-state index contributed by atoms with van der Waals surface area (Å²) in [6.07, 6.45) is -1.24. The Morgan fingerprint density at radius 2 is 1.76 bits per heavy atom. The van der Waals surface area contributed by atoms with Gasteiger partial charge in [0.15, 0.2) is 0 Å². The maximum atomic E-state index is 11.5. The van der Waals surface area contributed by atoms with Gasteiger partial charge in [0.2, 0.25) is 0 Å². The first-order valence-electron chi connectivity index (χ1n) is 7.24. The zero-order chi connectivity index (χ0) is 16.3. The van der Waals surface area contributed by atoms with Crippen LogP contribution >= 0.6 is 0 Å². The molecule has 0 saturated heterocycles. The second-order valence-electron chi connectivity index (χ2n) is 7.27. The van der Waals surface area contributed by atoms with Gasteiger partial charge in [-0.3, -0.25) is 0 Å². The van der Waals surface area contributed by atoms with E-state index in [4.69, 9.17) is 4.74 Å². The number of amides is 1. The molecule has 0 aliphatic heterocycles. The molecule has 5 heteroatoms. The van der Waals surface area contributed by atoms with Crippen LogP contribution in [-0.4, -0.2) is 31.4 Å². The second kappa shape index (κ2) is 6.62. The summed E-state index contributed by atoms with van der Waals surface area (Å²) < 4.78 is 5.13. The van der Waals surface area contributed by atoms with Crippen molar-refractivity contribution in [3.05, 3.63) is 29.8 Å². The lowest BCUT2D eigenvalue weighted by molar-refractivity contribution is 0.0492. The average molecular weight is 309 g/mol. The van der Waals surface area contributed by atoms with Crippen LogP contribution < -0.4 is 10.5 Å². The Hall–Kier alpha value is -1.33. The molecule has 1 aromatic rings. The molecule has 0 heterocycles. The highest BCUT2D eigenvalue weighted by Gasteiger charge is 2.19. The number of aliphatic hydroxyl groups is 1. The van der Waals surface area contributed by atoms with Crippen molar-refractivity contribution in [2.24, 2.45) is 0 Å². The molecule has 1 rings (SSSR count). The zero-order valence-corrected chi connectivity index (χ0v) is 14.9. The number of nitrogens with one attached hydrogen (secondary N) is 1. The Bertz CT molecular complexity index is 472. The lowest BCUT2D eigenvalue weighted by atomic mass is 10.1. The number of carbonyl (C=O) groups is 1. The summed E-state index contributed by atoms with van der Waals surface area (Å²) >= 11 is 0. The molecule has 1 unspecified atom stereocenters. The van der Waals surface area contributed by atoms with Crippen LogP contribution in [0.15, 0.2) is 24.3 Å². The molecule has 0 fully saturated rings. The molecule has 0 aliphatic rings. The van der Waals surface area contributed by atoms with Gasteiger partial charge in [-0.05, 0) is 26.3 Å². The second-order valence-corrected chi connectivity index (χ2v) is 12.3. The van der Waals surface area contributed by atoms with Crippen LogP contribution in [0.1, 0.15) is 32.4 Å². The first-order chi connectivity index (χ1) is 9.49. The van der Waals surface area contributed by atoms with Gasteiger partial charge < -0.3 is 15.2 Å². The smallest absolute Gasteiger partial charge is 0.407 e. The van der Waals surface area contributed by atoms with E-state index in [-0.39, 0.29) is 6.54 Å². The van der Waals surface area contributed by atoms with Crippen LogP contribution in [0.5, 0.6) is 0 Å². The third-order valence-electron chi connectivity index (χ3n) is 3.00. The summed E-state index contributed by atoms with van der Waals surface area (Å²) in [7, 11) is -1.33. The maximum Gasteiger partial charge on any atom is 0.407 e. The van der Waals surface area contributed by atoms with Gasteiger partial charge in [-0.15, -0.1) is 0 Å². The highest BCUT2D eigenvalue weighted by molar-refractivity contribution is 6.88. The van der Waals surface area contributed by atoms with Crippen molar-refractivity contribution < 1.29 is 14.6 Å². The van der Waals surface area contributed by atoms with Gasteiger partial charge in [0.05, 0.1) is 20.7 Å². The fraction of sp³-hybridized carbons (Fsp3) is 0.562. The summed E-state index contributed by atoms with van der Waals surface area (Å²) in [6, 6.07) is 7.99. The fourth-order valence-corrected chi connectivity index (χ4v) is 2.98. The minimum atomic E-state index is -1.33. The normalized spacial score (nSPS) is 13.7. The first-order valence-corrected chi connectivity index (χ1v) is 10.7. The number of benzene rings is 1. The SMILES string of the molecule is CC(C)(C)OC(=O)NCC(O)c1ccc([Si](C)(C)C)cc1. The molecular weight excluding hydrogens is 282 g/mol. The van der Waals surface area contributed by atoms with E-state index < -0.39 is 25.9 Å². The minimum Gasteiger partial charge on any atom is -0.444 e. The summed E-state index contributed by atoms with van der Waals surface area (Å²) in [6.45, 7) is 12.4. The van der Waals surface area contributed by atoms with Gasteiger partial charge in [-0.25, -0.2) is 4.79 Å². The van der Waals surface area contributed by atoms with Crippen LogP contribution in [-0.2, 0) is 4.74 Å². The molecule has 0 radical (unpaired) electrons. The number of alkyl carbamates (subject to hydrolysis) is 1. The molecular formula is C16H27NO3Si. The van der Waals surface area contributed by atoms with Crippen molar-refractivity contribution >= 4 is 19.4 Å². The van der Waals surface area contributed by atoms with Crippen LogP contribution in [0.25, 0.3) is 0 Å². The predicted octanol–water partition coefficient (Wildman–Crippen LogP) is 2.79. The molecule has 0 spiro atoms. The van der Waals surface area contributed by atoms with Gasteiger partial charge in [0.1, 0.15) is 5.60 Å². The Kier molecular flexibility index (Phi) is 5.59. The van der Waals surface area contributed by atoms with Crippen LogP contribution in [0.3, 0.4) is 0 Å². The third kappa shape index (κ3) is 6.31. The molecule has 118 valence electrons. The van der Waals surface area contributed by atoms with Crippen LogP contribution in [0.4, 0.5) is 4.79 Å². The number of rotatable bonds is 4. The zero-order valence-electron chi connectivity index (χ0n) is 13.9. The summed E-state index contributed by atoms with van der Waals surface area (Å²) in [4.78, 5) is 11.5. The molecule has 1 amide bonds. The van der Waals surface area contributed by atoms with E-state index in [2.05, 4.69) is 37.1 Å². The van der Waals surface area contributed by atoms with Crippen molar-refractivity contribution in [3.63, 3.8) is 0 Å². The molecule has 0 bridgehead atoms. The van der Waals surface area contributed by atoms with Gasteiger partial charge >= 0.3 is 6.09 Å². The quantitative estimate of drug-likeness (QED) is 0.841. The minimum absolute atomic E-state index is 0.140. The molecule has 0 saturated carbocycles. The number of carbonyl (C=O) groups excluding carboxylic acids is 1. The van der Waals surface area contributed by atoms with Gasteiger partial charge in [-0.1, -0.05) is 49.1 Å². The van der Waals surface area contributed by atoms with E-state index in [1.165, 1.54) is 5.19 Å². The van der Waals surface area contributed by atoms with E-state index in [9.17, 15) is 9.90 Å². The Morgan fingerprint density at radius 3 is 2.19 bits per heavy atom. The highest BCUT2D eigenvalue weighted by Crippen LogP contribution is 2.13. The van der Waals surface area contributed by atoms with E-state index in [1.807, 2.05) is 12.1 Å². The Balaban J connectivity index is 2.56. The van der Waals surface area contributed by atoms with Crippen molar-refractivity contribution in [1.82, 2.24) is 5.32 Å². The predicted molar refractivity (Wildman–Crippen MR) is 88.6 cm³/mol. The van der Waals surface area contributed by atoms with Gasteiger partial charge in [0.25, 0.3) is 0 Å². The third-order valence-corrected chi connectivity index (χ3v) is 5.07. The maximum absolute atomic E-state index is 11.5. The average Bonchev–Trinajstić information content (AvgIpc) is 2.33. The standard InChI is InChI=1S/C16H27NO3Si/c1-16(2,3)20-15(19)17-11-14(18)12-7-9-13(10-8-12)21(4,5)6/h7-10,14,18H,11H2,1-6H3,(H,17,19). The molecule has 4 nitrogen and oxygen atoms in total. The van der Waals surface area contributed by atoms with Crippen molar-refractivity contribution in [1.29, 1.82) is 0 Å². The number of ether oxygens (including phenoxy) is 1. The largest absolute Gasteiger partial charge is 0.444 e. The first kappa shape index (κ1) is 17.7. The molecule has 0 aliphatic carbocycles. The topological polar surface area (TPSA) is 58.6 Å². The summed E-state index contributed by atoms with van der Waals surface area (Å²) in [5.41, 5.74) is 0.265. The van der Waals surface area contributed by atoms with E-state index in [1.54, 1.807) is 20.8 Å². The van der Waals surface area contributed by atoms with Gasteiger partial charge in [-0.2, -0.15) is 0 Å². The fourth-order valence-electron chi connectivity index (χ4n) is 1.82. The lowest BCUT2D eigenvalue weighted by Crippen LogP contribution is -2.37. The lowest BCUT2D eigenvalue weighted by Gasteiger charge is -2.21. The van der Waals surface area contributed by atoms with Gasteiger partial charge in [0, 0.05) is 0 Å². The number of hydrogen-bond acceptors (Lipinski definition) is 3. The van der Waals surface area contributed by atoms with Crippen molar-refractivity contribution in [2.75, 3.05) is 6.54 Å². The Morgan fingerprint density at radius 1 is 1.24 bits per heavy atom. The van der Waals surface area contributed by atoms with E-state index in [0.29, 0.717) is 0 Å². The Labute approximate surface area is 128 Å². The molecule has 21 heavy (non-hydrogen) atoms. The van der Waals surface area contributed by atoms with E-state index >= 15 is 0 Å². The molecule has 1 atom stereocenters. The molecule has 2 N–H and O–H groups in total.